The lowest BCUT2D eigenvalue weighted by atomic mass is 10.2. The lowest BCUT2D eigenvalue weighted by molar-refractivity contribution is -0.119. The molecule has 21 heavy (non-hydrogen) atoms. The average molecular weight is 287 g/mol. The summed E-state index contributed by atoms with van der Waals surface area (Å²) in [6.45, 7) is 3.54. The zero-order chi connectivity index (χ0) is 15.5. The average Bonchev–Trinajstić information content (AvgIpc) is 2.47. The Balaban J connectivity index is 2.41. The summed E-state index contributed by atoms with van der Waals surface area (Å²) >= 11 is 0. The second-order valence-corrected chi connectivity index (χ2v) is 4.51. The first-order chi connectivity index (χ1) is 10.1. The molecular formula is C16H21N3O2. The first-order valence-electron chi connectivity index (χ1n) is 6.93. The maximum atomic E-state index is 11.9. The van der Waals surface area contributed by atoms with Crippen molar-refractivity contribution in [2.75, 3.05) is 26.2 Å². The Kier molecular flexibility index (Phi) is 7.62. The van der Waals surface area contributed by atoms with E-state index in [1.165, 1.54) is 0 Å². The van der Waals surface area contributed by atoms with E-state index in [1.54, 1.807) is 12.1 Å². The number of hydrogen-bond acceptors (Lipinski definition) is 3. The van der Waals surface area contributed by atoms with Gasteiger partial charge in [0.1, 0.15) is 0 Å². The molecule has 0 unspecified atom stereocenters. The van der Waals surface area contributed by atoms with Crippen molar-refractivity contribution >= 4 is 11.8 Å². The Morgan fingerprint density at radius 2 is 1.95 bits per heavy atom. The van der Waals surface area contributed by atoms with E-state index in [-0.39, 0.29) is 12.5 Å². The van der Waals surface area contributed by atoms with Gasteiger partial charge < -0.3 is 11.1 Å². The fourth-order valence-corrected chi connectivity index (χ4v) is 1.75. The fraction of sp³-hybridized carbons (Fsp3) is 0.375. The Morgan fingerprint density at radius 3 is 2.57 bits per heavy atom. The number of hydrogen-bond donors (Lipinski definition) is 2. The molecule has 2 amide bonds. The highest BCUT2D eigenvalue weighted by Crippen LogP contribution is 1.97. The van der Waals surface area contributed by atoms with Crippen LogP contribution in [0.4, 0.5) is 0 Å². The molecule has 0 fully saturated rings. The van der Waals surface area contributed by atoms with Crippen LogP contribution in [0.15, 0.2) is 30.3 Å². The molecule has 0 aliphatic carbocycles. The number of benzene rings is 1. The van der Waals surface area contributed by atoms with E-state index in [0.29, 0.717) is 25.2 Å². The minimum absolute atomic E-state index is 0.130. The predicted molar refractivity (Wildman–Crippen MR) is 82.5 cm³/mol. The lowest BCUT2D eigenvalue weighted by Crippen LogP contribution is -2.39. The Labute approximate surface area is 125 Å². The summed E-state index contributed by atoms with van der Waals surface area (Å²) in [6.07, 6.45) is 0.773. The summed E-state index contributed by atoms with van der Waals surface area (Å²) in [4.78, 5) is 24.7. The van der Waals surface area contributed by atoms with Crippen LogP contribution in [-0.2, 0) is 4.79 Å². The quantitative estimate of drug-likeness (QED) is 0.722. The van der Waals surface area contributed by atoms with Crippen molar-refractivity contribution in [1.29, 1.82) is 0 Å². The first kappa shape index (κ1) is 16.7. The van der Waals surface area contributed by atoms with E-state index in [1.807, 2.05) is 30.0 Å². The molecule has 1 aromatic rings. The first-order valence-corrected chi connectivity index (χ1v) is 6.93. The molecule has 5 heteroatoms. The smallest absolute Gasteiger partial charge is 0.251 e. The normalized spacial score (nSPS) is 9.81. The van der Waals surface area contributed by atoms with Gasteiger partial charge in [0.2, 0.25) is 5.91 Å². The molecule has 0 aromatic heterocycles. The molecule has 112 valence electrons. The van der Waals surface area contributed by atoms with E-state index in [0.717, 1.165) is 6.42 Å². The monoisotopic (exact) mass is 287 g/mol. The van der Waals surface area contributed by atoms with Crippen LogP contribution in [0.3, 0.4) is 0 Å². The molecule has 0 radical (unpaired) electrons. The van der Waals surface area contributed by atoms with Gasteiger partial charge in [-0.3, -0.25) is 14.5 Å². The summed E-state index contributed by atoms with van der Waals surface area (Å²) in [5.41, 5.74) is 5.82. The highest BCUT2D eigenvalue weighted by Gasteiger charge is 2.08. The molecule has 3 N–H and O–H groups in total. The third kappa shape index (κ3) is 7.14. The molecule has 5 nitrogen and oxygen atoms in total. The van der Waals surface area contributed by atoms with Gasteiger partial charge >= 0.3 is 0 Å². The zero-order valence-corrected chi connectivity index (χ0v) is 12.3. The zero-order valence-electron chi connectivity index (χ0n) is 12.3. The minimum Gasteiger partial charge on any atom is -0.369 e. The molecule has 0 heterocycles. The number of rotatable bonds is 7. The van der Waals surface area contributed by atoms with E-state index < -0.39 is 5.91 Å². The van der Waals surface area contributed by atoms with Crippen molar-refractivity contribution in [3.05, 3.63) is 35.9 Å². The number of carbonyl (C=O) groups excluding carboxylic acids is 2. The van der Waals surface area contributed by atoms with Gasteiger partial charge in [0.05, 0.1) is 13.1 Å². The van der Waals surface area contributed by atoms with Crippen LogP contribution in [0.1, 0.15) is 23.7 Å². The second-order valence-electron chi connectivity index (χ2n) is 4.51. The Bertz CT molecular complexity index is 517. The highest BCUT2D eigenvalue weighted by atomic mass is 16.2. The largest absolute Gasteiger partial charge is 0.369 e. The van der Waals surface area contributed by atoms with Crippen molar-refractivity contribution in [3.8, 4) is 11.8 Å². The van der Waals surface area contributed by atoms with Crippen molar-refractivity contribution in [2.24, 2.45) is 5.73 Å². The van der Waals surface area contributed by atoms with Crippen molar-refractivity contribution in [1.82, 2.24) is 10.2 Å². The number of nitrogens with one attached hydrogen (secondary N) is 1. The lowest BCUT2D eigenvalue weighted by Gasteiger charge is -2.18. The van der Waals surface area contributed by atoms with Crippen molar-refractivity contribution < 1.29 is 9.59 Å². The van der Waals surface area contributed by atoms with E-state index in [9.17, 15) is 9.59 Å². The number of carbonyl (C=O) groups is 2. The van der Waals surface area contributed by atoms with Gasteiger partial charge in [0, 0.05) is 25.1 Å². The summed E-state index contributed by atoms with van der Waals surface area (Å²) < 4.78 is 0. The molecule has 0 saturated heterocycles. The molecular weight excluding hydrogens is 266 g/mol. The minimum atomic E-state index is -0.400. The van der Waals surface area contributed by atoms with Gasteiger partial charge in [0.25, 0.3) is 5.91 Å². The van der Waals surface area contributed by atoms with Crippen LogP contribution in [0, 0.1) is 11.8 Å². The number of nitrogens with two attached hydrogens (primary N) is 1. The summed E-state index contributed by atoms with van der Waals surface area (Å²) in [6, 6.07) is 8.99. The topological polar surface area (TPSA) is 75.4 Å². The number of amides is 2. The molecule has 0 aliphatic rings. The number of nitrogens with zero attached hydrogens (tertiary/aromatic N) is 1. The van der Waals surface area contributed by atoms with Crippen LogP contribution in [0.5, 0.6) is 0 Å². The van der Waals surface area contributed by atoms with Crippen LogP contribution >= 0.6 is 0 Å². The van der Waals surface area contributed by atoms with Gasteiger partial charge in [-0.25, -0.2) is 0 Å². The van der Waals surface area contributed by atoms with Gasteiger partial charge in [-0.2, -0.15) is 0 Å². The summed E-state index contributed by atoms with van der Waals surface area (Å²) in [5, 5.41) is 2.81. The van der Waals surface area contributed by atoms with Crippen LogP contribution < -0.4 is 11.1 Å². The van der Waals surface area contributed by atoms with Gasteiger partial charge in [0.15, 0.2) is 0 Å². The fourth-order valence-electron chi connectivity index (χ4n) is 1.75. The summed E-state index contributed by atoms with van der Waals surface area (Å²) in [7, 11) is 0. The Hall–Kier alpha value is -2.32. The highest BCUT2D eigenvalue weighted by molar-refractivity contribution is 5.94. The molecule has 0 bridgehead atoms. The molecule has 0 atom stereocenters. The van der Waals surface area contributed by atoms with Gasteiger partial charge in [-0.05, 0) is 12.1 Å². The van der Waals surface area contributed by atoms with E-state index in [4.69, 9.17) is 5.73 Å². The Morgan fingerprint density at radius 1 is 1.24 bits per heavy atom. The molecule has 0 aliphatic heterocycles. The number of primary amides is 1. The molecule has 1 aromatic carbocycles. The van der Waals surface area contributed by atoms with Crippen LogP contribution in [0.2, 0.25) is 0 Å². The van der Waals surface area contributed by atoms with Crippen LogP contribution in [0.25, 0.3) is 0 Å². The van der Waals surface area contributed by atoms with Crippen molar-refractivity contribution in [2.45, 2.75) is 13.3 Å². The van der Waals surface area contributed by atoms with E-state index >= 15 is 0 Å². The van der Waals surface area contributed by atoms with Crippen molar-refractivity contribution in [3.63, 3.8) is 0 Å². The molecule has 0 saturated carbocycles. The summed E-state index contributed by atoms with van der Waals surface area (Å²) in [5.74, 6) is 5.38. The maximum Gasteiger partial charge on any atom is 0.251 e. The van der Waals surface area contributed by atoms with Gasteiger partial charge in [-0.15, -0.1) is 5.92 Å². The SMILES string of the molecule is CCC#CCN(CCNC(=O)c1ccccc1)CC(N)=O. The molecule has 0 spiro atoms. The maximum absolute atomic E-state index is 11.9. The van der Waals surface area contributed by atoms with Gasteiger partial charge in [-0.1, -0.05) is 31.0 Å². The third-order valence-corrected chi connectivity index (χ3v) is 2.73. The second kappa shape index (κ2) is 9.56. The third-order valence-electron chi connectivity index (χ3n) is 2.73. The molecule has 1 rings (SSSR count). The van der Waals surface area contributed by atoms with Crippen LogP contribution in [-0.4, -0.2) is 42.9 Å². The van der Waals surface area contributed by atoms with E-state index in [2.05, 4.69) is 17.2 Å². The standard InChI is InChI=1S/C16H21N3O2/c1-2-3-7-11-19(13-15(17)20)12-10-18-16(21)14-8-5-4-6-9-14/h4-6,8-9H,2,10-13H2,1H3,(H2,17,20)(H,18,21). The predicted octanol–water partition coefficient (Wildman–Crippen LogP) is 0.617.